The molecule has 0 aromatic carbocycles. The maximum Gasteiger partial charge on any atom is 0.214 e. The van der Waals surface area contributed by atoms with Gasteiger partial charge in [-0.25, -0.2) is 4.98 Å². The zero-order valence-electron chi connectivity index (χ0n) is 9.31. The van der Waals surface area contributed by atoms with Gasteiger partial charge in [-0.3, -0.25) is 4.98 Å². The first-order chi connectivity index (χ1) is 7.90. The largest absolute Gasteiger partial charge is 0.311 e. The summed E-state index contributed by atoms with van der Waals surface area (Å²) in [7, 11) is 0. The average Bonchev–Trinajstić information content (AvgIpc) is 2.73. The summed E-state index contributed by atoms with van der Waals surface area (Å²) in [5.41, 5.74) is 2.84. The summed E-state index contributed by atoms with van der Waals surface area (Å²) in [6.07, 6.45) is 7.50. The number of nitrogens with zero attached hydrogens (tertiary/aromatic N) is 4. The number of hydrogen-bond donors (Lipinski definition) is 0. The van der Waals surface area contributed by atoms with Crippen molar-refractivity contribution in [3.63, 3.8) is 0 Å². The molecule has 3 rings (SSSR count). The molecule has 0 spiro atoms. The lowest BCUT2D eigenvalue weighted by atomic mass is 10.2. The number of imidazole rings is 1. The summed E-state index contributed by atoms with van der Waals surface area (Å²) in [5.74, 6) is 0.457. The predicted molar refractivity (Wildman–Crippen MR) is 62.6 cm³/mol. The van der Waals surface area contributed by atoms with Crippen molar-refractivity contribution < 1.29 is 0 Å². The fraction of sp³-hybridized carbons (Fsp3) is 0.250. The lowest BCUT2D eigenvalue weighted by Gasteiger charge is -2.08. The molecule has 4 heteroatoms. The summed E-state index contributed by atoms with van der Waals surface area (Å²) >= 11 is 0. The molecule has 0 bridgehead atoms. The number of rotatable bonds is 0. The minimum atomic E-state index is 0.457. The van der Waals surface area contributed by atoms with Crippen LogP contribution in [0.2, 0.25) is 0 Å². The third-order valence-corrected chi connectivity index (χ3v) is 2.36. The molecule has 1 aliphatic heterocycles. The molecule has 0 saturated heterocycles. The van der Waals surface area contributed by atoms with Crippen molar-refractivity contribution in [1.82, 2.24) is 14.5 Å². The van der Waals surface area contributed by atoms with Crippen LogP contribution in [-0.4, -0.2) is 14.5 Å². The molecule has 0 amide bonds. The predicted octanol–water partition coefficient (Wildman–Crippen LogP) is 2.36. The normalized spacial score (nSPS) is 11.8. The Labute approximate surface area is 93.9 Å². The van der Waals surface area contributed by atoms with Crippen molar-refractivity contribution in [2.75, 3.05) is 0 Å². The Morgan fingerprint density at radius 2 is 2.19 bits per heavy atom. The van der Waals surface area contributed by atoms with E-state index in [1.165, 1.54) is 0 Å². The van der Waals surface area contributed by atoms with E-state index in [2.05, 4.69) is 16.0 Å². The first-order valence-corrected chi connectivity index (χ1v) is 5.31. The summed E-state index contributed by atoms with van der Waals surface area (Å²) in [5, 5.41) is 8.89. The number of nitriles is 1. The molecule has 0 saturated carbocycles. The fourth-order valence-electron chi connectivity index (χ4n) is 1.78. The highest BCUT2D eigenvalue weighted by Gasteiger charge is 2.14. The van der Waals surface area contributed by atoms with E-state index in [1.54, 1.807) is 12.4 Å². The first kappa shape index (κ1) is 10.4. The lowest BCUT2D eigenvalue weighted by molar-refractivity contribution is 0.826. The van der Waals surface area contributed by atoms with E-state index in [0.29, 0.717) is 5.82 Å². The summed E-state index contributed by atoms with van der Waals surface area (Å²) in [6.45, 7) is 4.72. The van der Waals surface area contributed by atoms with Gasteiger partial charge in [0.15, 0.2) is 0 Å². The van der Waals surface area contributed by atoms with Gasteiger partial charge < -0.3 is 4.57 Å². The molecular weight excluding hydrogens is 200 g/mol. The van der Waals surface area contributed by atoms with E-state index in [1.807, 2.05) is 30.6 Å². The minimum Gasteiger partial charge on any atom is -0.311 e. The molecule has 2 aromatic heterocycles. The quantitative estimate of drug-likeness (QED) is 0.673. The fourth-order valence-corrected chi connectivity index (χ4v) is 1.78. The van der Waals surface area contributed by atoms with Crippen LogP contribution in [0, 0.1) is 11.3 Å². The summed E-state index contributed by atoms with van der Waals surface area (Å²) in [4.78, 5) is 8.27. The van der Waals surface area contributed by atoms with Gasteiger partial charge in [0.05, 0.1) is 11.7 Å². The van der Waals surface area contributed by atoms with Crippen LogP contribution in [0.4, 0.5) is 0 Å². The smallest absolute Gasteiger partial charge is 0.214 e. The van der Waals surface area contributed by atoms with E-state index < -0.39 is 0 Å². The third-order valence-electron chi connectivity index (χ3n) is 2.36. The molecule has 4 nitrogen and oxygen atoms in total. The van der Waals surface area contributed by atoms with Crippen molar-refractivity contribution >= 4 is 17.1 Å². The first-order valence-electron chi connectivity index (χ1n) is 5.31. The molecule has 0 atom stereocenters. The van der Waals surface area contributed by atoms with Gasteiger partial charge in [-0.1, -0.05) is 26.0 Å². The number of aromatic nitrogens is 3. The molecule has 0 radical (unpaired) electrons. The second kappa shape index (κ2) is 4.15. The van der Waals surface area contributed by atoms with Crippen LogP contribution in [0.3, 0.4) is 0 Å². The van der Waals surface area contributed by atoms with Gasteiger partial charge in [0.1, 0.15) is 11.6 Å². The van der Waals surface area contributed by atoms with Crippen molar-refractivity contribution in [1.29, 1.82) is 5.26 Å². The topological polar surface area (TPSA) is 54.5 Å². The third kappa shape index (κ3) is 1.38. The second-order valence-electron chi connectivity index (χ2n) is 3.16. The Morgan fingerprint density at radius 3 is 2.94 bits per heavy atom. The molecule has 0 N–H and O–H groups in total. The van der Waals surface area contributed by atoms with Crippen LogP contribution in [0.5, 0.6) is 0 Å². The number of hydrogen-bond acceptors (Lipinski definition) is 3. The maximum absolute atomic E-state index is 8.89. The van der Waals surface area contributed by atoms with E-state index in [9.17, 15) is 0 Å². The maximum atomic E-state index is 8.89. The van der Waals surface area contributed by atoms with E-state index in [0.717, 1.165) is 23.1 Å². The van der Waals surface area contributed by atoms with Gasteiger partial charge in [0.25, 0.3) is 0 Å². The summed E-state index contributed by atoms with van der Waals surface area (Å²) in [6, 6.07) is 2.09. The van der Waals surface area contributed by atoms with Gasteiger partial charge >= 0.3 is 0 Å². The number of allylic oxidation sites excluding steroid dienone is 1. The van der Waals surface area contributed by atoms with Crippen LogP contribution in [0.1, 0.15) is 25.2 Å². The highest BCUT2D eigenvalue weighted by Crippen LogP contribution is 2.23. The Hall–Kier alpha value is -2.15. The van der Waals surface area contributed by atoms with E-state index >= 15 is 0 Å². The SMILES string of the molecule is CC.N#Cc1nc2cncc3c2n1CC=C3. The molecule has 2 aromatic rings. The molecule has 3 heterocycles. The molecule has 16 heavy (non-hydrogen) atoms. The van der Waals surface area contributed by atoms with Gasteiger partial charge in [0.2, 0.25) is 5.82 Å². The number of pyridine rings is 1. The second-order valence-corrected chi connectivity index (χ2v) is 3.16. The Morgan fingerprint density at radius 1 is 1.38 bits per heavy atom. The van der Waals surface area contributed by atoms with E-state index in [-0.39, 0.29) is 0 Å². The van der Waals surface area contributed by atoms with Crippen LogP contribution < -0.4 is 0 Å². The molecule has 0 aliphatic carbocycles. The van der Waals surface area contributed by atoms with Gasteiger partial charge in [0, 0.05) is 18.3 Å². The zero-order chi connectivity index (χ0) is 11.5. The van der Waals surface area contributed by atoms with Crippen molar-refractivity contribution in [2.45, 2.75) is 20.4 Å². The highest BCUT2D eigenvalue weighted by molar-refractivity contribution is 5.86. The van der Waals surface area contributed by atoms with E-state index in [4.69, 9.17) is 5.26 Å². The Kier molecular flexibility index (Phi) is 2.69. The Bertz CT molecular complexity index is 587. The van der Waals surface area contributed by atoms with Gasteiger partial charge in [-0.15, -0.1) is 0 Å². The Balaban J connectivity index is 0.000000457. The van der Waals surface area contributed by atoms with Crippen molar-refractivity contribution in [3.05, 3.63) is 29.9 Å². The lowest BCUT2D eigenvalue weighted by Crippen LogP contribution is -2.02. The molecule has 0 fully saturated rings. The van der Waals surface area contributed by atoms with Crippen LogP contribution in [0.25, 0.3) is 17.1 Å². The minimum absolute atomic E-state index is 0.457. The van der Waals surface area contributed by atoms with Gasteiger partial charge in [-0.05, 0) is 0 Å². The van der Waals surface area contributed by atoms with Crippen LogP contribution in [0.15, 0.2) is 18.5 Å². The molecule has 1 aliphatic rings. The van der Waals surface area contributed by atoms with Crippen LogP contribution >= 0.6 is 0 Å². The zero-order valence-corrected chi connectivity index (χ0v) is 9.31. The standard InChI is InChI=1S/C10H6N4.C2H6/c11-4-9-13-8-6-12-5-7-2-1-3-14(9)10(7)8;1-2/h1-2,5-6H,3H2;1-2H3. The van der Waals surface area contributed by atoms with Crippen molar-refractivity contribution in [2.24, 2.45) is 0 Å². The van der Waals surface area contributed by atoms with Gasteiger partial charge in [-0.2, -0.15) is 5.26 Å². The molecular formula is C12H12N4. The monoisotopic (exact) mass is 212 g/mol. The van der Waals surface area contributed by atoms with Crippen LogP contribution in [-0.2, 0) is 6.54 Å². The van der Waals surface area contributed by atoms with Crippen molar-refractivity contribution in [3.8, 4) is 6.07 Å². The average molecular weight is 212 g/mol. The molecule has 80 valence electrons. The summed E-state index contributed by atoms with van der Waals surface area (Å²) < 4.78 is 1.91. The molecule has 0 unspecified atom stereocenters. The highest BCUT2D eigenvalue weighted by atomic mass is 15.1.